The van der Waals surface area contributed by atoms with Crippen LogP contribution < -0.4 is 16.5 Å². The Morgan fingerprint density at radius 1 is 1.06 bits per heavy atom. The zero-order chi connectivity index (χ0) is 26.6. The number of rotatable bonds is 21. The first kappa shape index (κ1) is 36.0. The Kier molecular flexibility index (Phi) is 22.0. The lowest BCUT2D eigenvalue weighted by Crippen LogP contribution is -2.49. The van der Waals surface area contributed by atoms with Crippen LogP contribution in [0.15, 0.2) is 4.99 Å². The fraction of sp³-hybridized carbons (Fsp3) is 0.875. The lowest BCUT2D eigenvalue weighted by molar-refractivity contribution is -0.525. The average Bonchev–Trinajstić information content (AvgIpc) is 2.76. The molecule has 1 amide bonds. The summed E-state index contributed by atoms with van der Waals surface area (Å²) in [6.45, 7) is 6.16. The Balaban J connectivity index is 0. The molecule has 6 N–H and O–H groups in total. The number of nitrogens with one attached hydrogen (secondary N) is 2. The number of amides is 1. The van der Waals surface area contributed by atoms with E-state index in [9.17, 15) is 29.8 Å². The van der Waals surface area contributed by atoms with Gasteiger partial charge < -0.3 is 21.1 Å². The Morgan fingerprint density at radius 2 is 1.64 bits per heavy atom. The van der Waals surface area contributed by atoms with Crippen LogP contribution in [0.1, 0.15) is 112 Å². The lowest BCUT2D eigenvalue weighted by Gasteiger charge is -2.23. The fourth-order valence-electron chi connectivity index (χ4n) is 3.89. The van der Waals surface area contributed by atoms with E-state index in [2.05, 4.69) is 17.2 Å². The molecule has 0 aliphatic rings. The molecule has 0 aromatic carbocycles. The minimum Gasteiger partial charge on any atom is -0.426 e. The third-order valence-corrected chi connectivity index (χ3v) is 5.77. The molecule has 12 heteroatoms. The van der Waals surface area contributed by atoms with Crippen molar-refractivity contribution in [3.8, 4) is 0 Å². The van der Waals surface area contributed by atoms with Gasteiger partial charge in [0, 0.05) is 25.3 Å². The molecular weight excluding hydrogens is 465 g/mol. The number of hydrogen-bond acceptors (Lipinski definition) is 7. The molecule has 0 fully saturated rings. The molecule has 0 rings (SSSR count). The second-order valence-electron chi connectivity index (χ2n) is 9.60. The van der Waals surface area contributed by atoms with Gasteiger partial charge in [0.25, 0.3) is 5.96 Å². The molecule has 2 atom stereocenters. The topological polar surface area (TPSA) is 180 Å². The van der Waals surface area contributed by atoms with Crippen molar-refractivity contribution >= 4 is 24.8 Å². The number of aliphatic imine (C=N–C) groups is 1. The number of hydrogen-bond donors (Lipinski definition) is 5. The summed E-state index contributed by atoms with van der Waals surface area (Å²) in [4.78, 5) is 39.7. The molecule has 0 saturated carbocycles. The molecule has 0 aliphatic carbocycles. The summed E-state index contributed by atoms with van der Waals surface area (Å²) in [5, 5.41) is 31.5. The SMILES string of the molecule is C.CCCCCCCCCCC(=O)C[C@@H](CCCN=C(N)N[N+](=O)[O-])C(=O)N[C@@H](CC(C)C)B(O)O. The van der Waals surface area contributed by atoms with E-state index >= 15 is 0 Å². The van der Waals surface area contributed by atoms with E-state index in [1.54, 1.807) is 5.43 Å². The minimum absolute atomic E-state index is 0. The second-order valence-corrected chi connectivity index (χ2v) is 9.60. The number of carbonyl (C=O) groups is 2. The van der Waals surface area contributed by atoms with Gasteiger partial charge in [0.2, 0.25) is 5.91 Å². The molecule has 0 aromatic rings. The van der Waals surface area contributed by atoms with Crippen molar-refractivity contribution in [2.45, 2.75) is 118 Å². The van der Waals surface area contributed by atoms with Crippen molar-refractivity contribution < 1.29 is 24.7 Å². The third-order valence-electron chi connectivity index (χ3n) is 5.77. The van der Waals surface area contributed by atoms with E-state index in [-0.39, 0.29) is 38.1 Å². The highest BCUT2D eigenvalue weighted by atomic mass is 16.7. The number of nitro groups is 1. The van der Waals surface area contributed by atoms with Crippen LogP contribution in [0.2, 0.25) is 0 Å². The molecule has 11 nitrogen and oxygen atoms in total. The van der Waals surface area contributed by atoms with Gasteiger partial charge >= 0.3 is 7.12 Å². The number of hydrazine groups is 1. The number of ketones is 1. The van der Waals surface area contributed by atoms with Gasteiger partial charge in [0.1, 0.15) is 5.78 Å². The molecule has 0 aromatic heterocycles. The molecule has 0 spiro atoms. The minimum atomic E-state index is -1.70. The Hall–Kier alpha value is -2.21. The van der Waals surface area contributed by atoms with Crippen molar-refractivity contribution in [2.24, 2.45) is 22.6 Å². The number of guanidine groups is 1. The Labute approximate surface area is 217 Å². The number of nitrogens with zero attached hydrogens (tertiary/aromatic N) is 2. The predicted octanol–water partition coefficient (Wildman–Crippen LogP) is 3.15. The monoisotopic (exact) mass is 515 g/mol. The second kappa shape index (κ2) is 22.0. The molecular formula is C24H50BN5O6. The molecule has 0 aliphatic heterocycles. The van der Waals surface area contributed by atoms with E-state index < -0.39 is 29.9 Å². The Morgan fingerprint density at radius 3 is 2.17 bits per heavy atom. The largest absolute Gasteiger partial charge is 0.475 e. The maximum absolute atomic E-state index is 12.9. The van der Waals surface area contributed by atoms with Gasteiger partial charge in [-0.3, -0.25) is 9.59 Å². The first-order valence-corrected chi connectivity index (χ1v) is 13.0. The van der Waals surface area contributed by atoms with Gasteiger partial charge in [-0.2, -0.15) is 0 Å². The van der Waals surface area contributed by atoms with E-state index in [4.69, 9.17) is 5.73 Å². The average molecular weight is 516 g/mol. The number of carbonyl (C=O) groups excluding carboxylic acids is 2. The van der Waals surface area contributed by atoms with Crippen molar-refractivity contribution in [1.29, 1.82) is 0 Å². The first-order valence-electron chi connectivity index (χ1n) is 13.0. The number of Topliss-reactive ketones (excluding diaryl/α,β-unsaturated/α-hetero) is 1. The normalized spacial score (nSPS) is 13.0. The van der Waals surface area contributed by atoms with Crippen LogP contribution in [0.25, 0.3) is 0 Å². The molecule has 0 saturated heterocycles. The van der Waals surface area contributed by atoms with Crippen LogP contribution in [0.5, 0.6) is 0 Å². The molecule has 0 bridgehead atoms. The van der Waals surface area contributed by atoms with Crippen LogP contribution in [-0.4, -0.2) is 52.3 Å². The van der Waals surface area contributed by atoms with Crippen molar-refractivity contribution in [3.05, 3.63) is 10.1 Å². The summed E-state index contributed by atoms with van der Waals surface area (Å²) in [6.07, 6.45) is 10.6. The van der Waals surface area contributed by atoms with Gasteiger partial charge in [-0.15, -0.1) is 0 Å². The van der Waals surface area contributed by atoms with Gasteiger partial charge in [0.05, 0.1) is 5.94 Å². The van der Waals surface area contributed by atoms with Crippen LogP contribution in [0.3, 0.4) is 0 Å². The van der Waals surface area contributed by atoms with Gasteiger partial charge in [0.15, 0.2) is 5.03 Å². The van der Waals surface area contributed by atoms with E-state index in [0.717, 1.165) is 19.3 Å². The van der Waals surface area contributed by atoms with Crippen molar-refractivity contribution in [1.82, 2.24) is 10.7 Å². The molecule has 36 heavy (non-hydrogen) atoms. The van der Waals surface area contributed by atoms with Gasteiger partial charge in [-0.05, 0) is 31.6 Å². The summed E-state index contributed by atoms with van der Waals surface area (Å²) in [6, 6.07) is 0. The molecule has 0 radical (unpaired) electrons. The number of nitrogens with two attached hydrogens (primary N) is 1. The highest BCUT2D eigenvalue weighted by Crippen LogP contribution is 2.17. The molecule has 0 heterocycles. The van der Waals surface area contributed by atoms with E-state index in [1.807, 2.05) is 13.8 Å². The van der Waals surface area contributed by atoms with Crippen LogP contribution in [-0.2, 0) is 9.59 Å². The summed E-state index contributed by atoms with van der Waals surface area (Å²) in [7, 11) is -1.70. The van der Waals surface area contributed by atoms with Gasteiger partial charge in [-0.25, -0.2) is 15.1 Å². The van der Waals surface area contributed by atoms with Crippen LogP contribution >= 0.6 is 0 Å². The summed E-state index contributed by atoms with van der Waals surface area (Å²) in [5.41, 5.74) is 7.15. The standard InChI is InChI=1S/C23H46BN5O6.CH4/c1-4-5-6-7-8-9-10-11-14-20(30)17-19(13-12-15-26-23(25)28-29(34)35)22(31)27-21(24(32)33)16-18(2)3;/h18-19,21,32-33H,4-17H2,1-3H3,(H,27,31)(H3,25,26,28);1H4/t19-,21+;/m1./s1. The molecule has 0 unspecified atom stereocenters. The highest BCUT2D eigenvalue weighted by molar-refractivity contribution is 6.43. The quantitative estimate of drug-likeness (QED) is 0.0386. The third kappa shape index (κ3) is 20.0. The van der Waals surface area contributed by atoms with Crippen molar-refractivity contribution in [2.75, 3.05) is 6.54 Å². The van der Waals surface area contributed by atoms with E-state index in [1.165, 1.54) is 32.1 Å². The number of unbranched alkanes of at least 4 members (excludes halogenated alkanes) is 7. The zero-order valence-electron chi connectivity index (χ0n) is 21.7. The van der Waals surface area contributed by atoms with Crippen molar-refractivity contribution in [3.63, 3.8) is 0 Å². The Bertz CT molecular complexity index is 648. The smallest absolute Gasteiger partial charge is 0.426 e. The lowest BCUT2D eigenvalue weighted by atomic mass is 9.74. The molecule has 210 valence electrons. The maximum atomic E-state index is 12.9. The van der Waals surface area contributed by atoms with Crippen LogP contribution in [0.4, 0.5) is 0 Å². The summed E-state index contributed by atoms with van der Waals surface area (Å²) < 4.78 is 0. The highest BCUT2D eigenvalue weighted by Gasteiger charge is 2.29. The fourth-order valence-corrected chi connectivity index (χ4v) is 3.89. The maximum Gasteiger partial charge on any atom is 0.475 e. The summed E-state index contributed by atoms with van der Waals surface area (Å²) >= 11 is 0. The summed E-state index contributed by atoms with van der Waals surface area (Å²) in [5.74, 6) is -2.08. The van der Waals surface area contributed by atoms with E-state index in [0.29, 0.717) is 25.7 Å². The predicted molar refractivity (Wildman–Crippen MR) is 145 cm³/mol. The van der Waals surface area contributed by atoms with Gasteiger partial charge in [-0.1, -0.05) is 78.6 Å². The zero-order valence-corrected chi connectivity index (χ0v) is 21.7. The first-order chi connectivity index (χ1) is 16.6. The van der Waals surface area contributed by atoms with Crippen LogP contribution in [0, 0.1) is 22.0 Å².